The second-order valence-corrected chi connectivity index (χ2v) is 33.3. The van der Waals surface area contributed by atoms with Crippen molar-refractivity contribution in [2.75, 3.05) is 86.2 Å². The van der Waals surface area contributed by atoms with Crippen LogP contribution in [0.3, 0.4) is 0 Å². The first-order valence-corrected chi connectivity index (χ1v) is 44.7. The van der Waals surface area contributed by atoms with Crippen LogP contribution in [0.2, 0.25) is 0 Å². The van der Waals surface area contributed by atoms with E-state index in [2.05, 4.69) is 153 Å². The van der Waals surface area contributed by atoms with Crippen molar-refractivity contribution in [3.63, 3.8) is 0 Å². The minimum absolute atomic E-state index is 0.159. The number of carbonyl (C=O) groups is 1. The number of anilines is 15. The summed E-state index contributed by atoms with van der Waals surface area (Å²) >= 11 is 0. The van der Waals surface area contributed by atoms with Gasteiger partial charge in [0.2, 0.25) is 65.4 Å². The largest absolute Gasteiger partial charge is 0.381 e. The maximum Gasteiger partial charge on any atom is 0.244 e. The number of aromatic amines is 1. The van der Waals surface area contributed by atoms with Gasteiger partial charge in [0.15, 0.2) is 29.1 Å². The average molecular weight is 1930 g/mol. The maximum atomic E-state index is 14.0. The summed E-state index contributed by atoms with van der Waals surface area (Å²) < 4.78 is 153. The van der Waals surface area contributed by atoms with E-state index in [1.54, 1.807) is 44.2 Å². The smallest absolute Gasteiger partial charge is 0.244 e. The lowest BCUT2D eigenvalue weighted by molar-refractivity contribution is 0.0657. The molecule has 48 heteroatoms. The lowest BCUT2D eigenvalue weighted by Gasteiger charge is -2.23. The van der Waals surface area contributed by atoms with Crippen LogP contribution in [0.15, 0.2) is 159 Å². The maximum absolute atomic E-state index is 14.0. The molecule has 730 valence electrons. The van der Waals surface area contributed by atoms with Gasteiger partial charge in [0.05, 0.1) is 48.0 Å². The number of benzene rings is 5. The molecule has 15 aromatic rings. The van der Waals surface area contributed by atoms with Crippen LogP contribution in [0.25, 0.3) is 0 Å². The summed E-state index contributed by atoms with van der Waals surface area (Å²) in [4.78, 5) is 75.8. The highest BCUT2D eigenvalue weighted by atomic mass is 19.2. The number of aryl methyl sites for hydroxylation is 3. The summed E-state index contributed by atoms with van der Waals surface area (Å²) in [6.07, 6.45) is 16.8. The number of aromatic nitrogens is 25. The molecule has 140 heavy (non-hydrogen) atoms. The van der Waals surface area contributed by atoms with Gasteiger partial charge in [-0.25, -0.2) is 98.4 Å². The van der Waals surface area contributed by atoms with Crippen molar-refractivity contribution < 1.29 is 58.2 Å². The zero-order valence-corrected chi connectivity index (χ0v) is 77.4. The summed E-state index contributed by atoms with van der Waals surface area (Å²) in [5, 5.41) is 52.1. The third-order valence-corrected chi connectivity index (χ3v) is 22.7. The third kappa shape index (κ3) is 26.7. The van der Waals surface area contributed by atoms with Crippen LogP contribution >= 0.6 is 0 Å². The van der Waals surface area contributed by atoms with Crippen molar-refractivity contribution >= 4 is 94.5 Å². The molecule has 0 spiro atoms. The van der Waals surface area contributed by atoms with Crippen molar-refractivity contribution in [1.82, 2.24) is 124 Å². The molecule has 0 radical (unpaired) electrons. The third-order valence-electron chi connectivity index (χ3n) is 22.7. The number of nitrogens with zero attached hydrogens (tertiary/aromatic N) is 25. The first-order valence-electron chi connectivity index (χ1n) is 44.7. The standard InChI is InChI=1S/C20H23F2N7O.C19H19F2N7O.C19H21F2N7O.C18H19F2N7.C16H17F2N7/c1-12-9-18(28-29(12)15-5-7-30-8-6-15)26-20-24-11-23-19(27-20)25-13(2)16-4-3-14(21)10-17(16)22;1-10(14-6-5-13(20)7-15(14)21)24-18-22-9-23-19(26-18)25-17-8-16(12-3-4-12)28(27-17)11(2)29;1-12(15-3-2-13(20)10-16(15)21)24-18-22-11-23-19(26-18)25-17-4-7-28(27-17)14-5-8-29-9-6-14;1-10(13-6-5-12(19)7-14(13)20)23-17-21-9-22-18(24-17)27(2)16-8-15(25-26-16)11-3-4-11;1-9-6-14(24-25(9)3)22-16-20-8-19-15(23-16)21-10(2)12-5-4-11(17)7-13(12)18/h3-4,9-11,13,15H,5-8H2,1-2H3,(H2,23,24,25,26,27,28);5-10,12H,3-4H2,1-2H3,(H2,22,23,24,25,26,27);2-4,7,10-12,14H,5-6,8-9H2,1H3,(H2,22,23,24,25,26,27);5-11H,3-4H2,1-2H3,(H,25,26)(H,21,22,23,24);4-8,10H,1-3H3,(H2,19,20,21,22,23,24). The van der Waals surface area contributed by atoms with Crippen LogP contribution < -0.4 is 52.8 Å². The quantitative estimate of drug-likeness (QED) is 0.0195. The van der Waals surface area contributed by atoms with Crippen LogP contribution in [0.4, 0.5) is 132 Å². The van der Waals surface area contributed by atoms with Crippen molar-refractivity contribution in [3.8, 4) is 0 Å². The first kappa shape index (κ1) is 98.6. The zero-order chi connectivity index (χ0) is 98.8. The Kier molecular flexibility index (Phi) is 32.0. The minimum Gasteiger partial charge on any atom is -0.381 e. The second kappa shape index (κ2) is 45.4. The summed E-state index contributed by atoms with van der Waals surface area (Å²) in [5.41, 5.74) is 5.57. The van der Waals surface area contributed by atoms with Gasteiger partial charge in [-0.3, -0.25) is 28.8 Å². The Morgan fingerprint density at radius 1 is 0.393 bits per heavy atom. The zero-order valence-electron chi connectivity index (χ0n) is 77.4. The first-order chi connectivity index (χ1) is 67.4. The fourth-order valence-electron chi connectivity index (χ4n) is 14.9. The molecule has 12 heterocycles. The molecule has 2 aliphatic carbocycles. The van der Waals surface area contributed by atoms with E-state index in [4.69, 9.17) is 9.47 Å². The van der Waals surface area contributed by atoms with E-state index < -0.39 is 88.4 Å². The van der Waals surface area contributed by atoms with Crippen molar-refractivity contribution in [3.05, 3.63) is 268 Å². The molecule has 10 aromatic heterocycles. The number of rotatable bonds is 29. The molecular weight excluding hydrogens is 1830 g/mol. The van der Waals surface area contributed by atoms with Gasteiger partial charge >= 0.3 is 0 Å². The molecule has 10 N–H and O–H groups in total. The molecule has 2 saturated heterocycles. The normalized spacial score (nSPS) is 14.7. The second-order valence-electron chi connectivity index (χ2n) is 33.3. The number of ether oxygens (including phenoxy) is 2. The summed E-state index contributed by atoms with van der Waals surface area (Å²) in [6, 6.07) is 25.0. The molecule has 2 aliphatic heterocycles. The Morgan fingerprint density at radius 2 is 0.743 bits per heavy atom. The number of carbonyl (C=O) groups excluding carboxylic acids is 1. The van der Waals surface area contributed by atoms with E-state index in [0.717, 1.165) is 118 Å². The number of hydrogen-bond acceptors (Lipinski definition) is 33. The Bertz CT molecular complexity index is 6730. The number of hydrogen-bond donors (Lipinski definition) is 10. The van der Waals surface area contributed by atoms with Gasteiger partial charge in [-0.2, -0.15) is 45.3 Å². The molecule has 19 rings (SSSR count). The predicted octanol–water partition coefficient (Wildman–Crippen LogP) is 18.1. The van der Waals surface area contributed by atoms with E-state index in [1.807, 2.05) is 73.8 Å². The van der Waals surface area contributed by atoms with Gasteiger partial charge in [-0.15, -0.1) is 5.10 Å². The van der Waals surface area contributed by atoms with Gasteiger partial charge in [0, 0.05) is 171 Å². The van der Waals surface area contributed by atoms with Crippen molar-refractivity contribution in [2.24, 2.45) is 7.05 Å². The minimum atomic E-state index is -0.653. The van der Waals surface area contributed by atoms with Crippen LogP contribution in [-0.4, -0.2) is 163 Å². The lowest BCUT2D eigenvalue weighted by Crippen LogP contribution is -2.21. The summed E-state index contributed by atoms with van der Waals surface area (Å²) in [7, 11) is 3.65. The van der Waals surface area contributed by atoms with Crippen LogP contribution in [0, 0.1) is 72.0 Å². The molecule has 2 saturated carbocycles. The van der Waals surface area contributed by atoms with Gasteiger partial charge in [0.25, 0.3) is 0 Å². The molecule has 5 atom stereocenters. The monoisotopic (exact) mass is 1930 g/mol. The summed E-state index contributed by atoms with van der Waals surface area (Å²) in [6.45, 7) is 17.0. The molecular formula is C92H99F10N35O3. The molecule has 5 aromatic carbocycles. The van der Waals surface area contributed by atoms with Gasteiger partial charge in [0.1, 0.15) is 89.8 Å². The van der Waals surface area contributed by atoms with Gasteiger partial charge < -0.3 is 57.3 Å². The van der Waals surface area contributed by atoms with Crippen LogP contribution in [0.1, 0.15) is 202 Å². The lowest BCUT2D eigenvalue weighted by atomic mass is 10.1. The Labute approximate surface area is 795 Å². The summed E-state index contributed by atoms with van der Waals surface area (Å²) in [5.74, 6) is 0.398. The highest BCUT2D eigenvalue weighted by molar-refractivity contribution is 5.77. The Balaban J connectivity index is 0.000000133. The Morgan fingerprint density at radius 3 is 1.11 bits per heavy atom. The molecule has 4 aliphatic rings. The molecule has 0 bridgehead atoms. The van der Waals surface area contributed by atoms with E-state index in [-0.39, 0.29) is 41.2 Å². The fourth-order valence-corrected chi connectivity index (χ4v) is 14.9. The SMILES string of the molecule is CC(=O)n1nc(Nc2ncnc(NC(C)c3ccc(F)cc3F)n2)cc1C1CC1.CC(Nc1ncnc(N(C)c2cc(C3CC3)[nH]n2)n1)c1ccc(F)cc1F.CC(Nc1ncnc(Nc2ccn(C3CCOCC3)n2)n1)c1ccc(F)cc1F.Cc1cc(Nc2ncnc(NC(C)c3ccc(F)cc3F)n2)nn1C.Cc1cc(Nc2ncnc(NC(C)c3ccc(F)cc3F)n2)nn1C1CCOCC1. The van der Waals surface area contributed by atoms with Crippen LogP contribution in [-0.2, 0) is 16.5 Å². The highest BCUT2D eigenvalue weighted by Crippen LogP contribution is 2.42. The van der Waals surface area contributed by atoms with Crippen molar-refractivity contribution in [2.45, 2.75) is 161 Å². The predicted molar refractivity (Wildman–Crippen MR) is 499 cm³/mol. The molecule has 4 fully saturated rings. The number of nitrogens with one attached hydrogen (secondary N) is 10. The number of H-pyrrole nitrogens is 1. The van der Waals surface area contributed by atoms with Crippen molar-refractivity contribution in [1.29, 1.82) is 0 Å². The molecule has 38 nitrogen and oxygen atoms in total. The highest BCUT2D eigenvalue weighted by Gasteiger charge is 2.32. The Hall–Kier alpha value is -15.9. The van der Waals surface area contributed by atoms with E-state index in [0.29, 0.717) is 105 Å². The van der Waals surface area contributed by atoms with E-state index >= 15 is 0 Å². The van der Waals surface area contributed by atoms with E-state index in [1.165, 1.54) is 117 Å². The van der Waals surface area contributed by atoms with E-state index in [9.17, 15) is 48.7 Å². The van der Waals surface area contributed by atoms with Gasteiger partial charge in [-0.1, -0.05) is 30.3 Å². The molecule has 0 amide bonds. The average Bonchev–Trinajstić information content (AvgIpc) is 1.67. The fraction of sp³-hybridized carbons (Fsp3) is 0.337. The van der Waals surface area contributed by atoms with Gasteiger partial charge in [-0.05, 0) is 130 Å². The molecule has 5 unspecified atom stereocenters. The topological polar surface area (TPSA) is 440 Å². The number of halogens is 10. The van der Waals surface area contributed by atoms with Crippen LogP contribution in [0.5, 0.6) is 0 Å².